The number of nitrogen functional groups attached to an aromatic ring is 1. The zero-order chi connectivity index (χ0) is 12.8. The molecule has 3 N–H and O–H groups in total. The van der Waals surface area contributed by atoms with Crippen molar-refractivity contribution in [2.24, 2.45) is 0 Å². The highest BCUT2D eigenvalue weighted by Crippen LogP contribution is 2.11. The number of nitrogens with two attached hydrogens (primary N) is 1. The van der Waals surface area contributed by atoms with Crippen LogP contribution in [0.5, 0.6) is 0 Å². The van der Waals surface area contributed by atoms with E-state index in [9.17, 15) is 9.18 Å². The number of nitrogens with one attached hydrogen (secondary N) is 1. The molecule has 0 fully saturated rings. The van der Waals surface area contributed by atoms with Gasteiger partial charge in [0, 0.05) is 18.7 Å². The van der Waals surface area contributed by atoms with Crippen LogP contribution in [0.3, 0.4) is 0 Å². The zero-order valence-electron chi connectivity index (χ0n) is 10.2. The Morgan fingerprint density at radius 2 is 2.24 bits per heavy atom. The maximum Gasteiger partial charge on any atom is 0.251 e. The fourth-order valence-electron chi connectivity index (χ4n) is 1.29. The lowest BCUT2D eigenvalue weighted by atomic mass is 10.2. The van der Waals surface area contributed by atoms with Crippen LogP contribution in [-0.2, 0) is 0 Å². The van der Waals surface area contributed by atoms with Gasteiger partial charge in [-0.2, -0.15) is 0 Å². The minimum absolute atomic E-state index is 0.0484. The molecule has 0 aliphatic heterocycles. The topological polar surface area (TPSA) is 58.4 Å². The van der Waals surface area contributed by atoms with Crippen molar-refractivity contribution in [1.82, 2.24) is 10.2 Å². The van der Waals surface area contributed by atoms with Crippen molar-refractivity contribution in [2.45, 2.75) is 6.92 Å². The van der Waals surface area contributed by atoms with Gasteiger partial charge in [-0.25, -0.2) is 4.39 Å². The summed E-state index contributed by atoms with van der Waals surface area (Å²) in [6.07, 6.45) is 0. The lowest BCUT2D eigenvalue weighted by molar-refractivity contribution is 0.0949. The molecule has 1 aromatic rings. The van der Waals surface area contributed by atoms with E-state index in [0.717, 1.165) is 19.2 Å². The van der Waals surface area contributed by atoms with Crippen LogP contribution in [0.2, 0.25) is 0 Å². The molecule has 0 bridgehead atoms. The number of likely N-dealkylation sites (N-methyl/N-ethyl adjacent to an activating group) is 1. The zero-order valence-corrected chi connectivity index (χ0v) is 10.2. The lowest BCUT2D eigenvalue weighted by Gasteiger charge is -2.14. The summed E-state index contributed by atoms with van der Waals surface area (Å²) in [6, 6.07) is 4.05. The maximum absolute atomic E-state index is 13.1. The number of hydrogen-bond donors (Lipinski definition) is 2. The first-order chi connectivity index (χ1) is 8.04. The first-order valence-electron chi connectivity index (χ1n) is 5.56. The number of benzene rings is 1. The largest absolute Gasteiger partial charge is 0.396 e. The second kappa shape index (κ2) is 6.20. The average Bonchev–Trinajstić information content (AvgIpc) is 2.32. The number of rotatable bonds is 5. The quantitative estimate of drug-likeness (QED) is 0.756. The van der Waals surface area contributed by atoms with Crippen molar-refractivity contribution in [1.29, 1.82) is 0 Å². The van der Waals surface area contributed by atoms with Gasteiger partial charge in [-0.3, -0.25) is 4.79 Å². The van der Waals surface area contributed by atoms with E-state index in [1.54, 1.807) is 0 Å². The van der Waals surface area contributed by atoms with Crippen molar-refractivity contribution in [3.8, 4) is 0 Å². The fraction of sp³-hybridized carbons (Fsp3) is 0.417. The summed E-state index contributed by atoms with van der Waals surface area (Å²) in [7, 11) is 1.97. The van der Waals surface area contributed by atoms with Gasteiger partial charge in [-0.05, 0) is 31.8 Å². The molecule has 0 aromatic heterocycles. The maximum atomic E-state index is 13.1. The average molecular weight is 239 g/mol. The molecule has 0 heterocycles. The predicted octanol–water partition coefficient (Wildman–Crippen LogP) is 1.09. The van der Waals surface area contributed by atoms with Crippen LogP contribution in [0.25, 0.3) is 0 Å². The van der Waals surface area contributed by atoms with E-state index in [4.69, 9.17) is 5.73 Å². The van der Waals surface area contributed by atoms with Crippen molar-refractivity contribution in [2.75, 3.05) is 32.4 Å². The van der Waals surface area contributed by atoms with E-state index in [2.05, 4.69) is 10.2 Å². The Morgan fingerprint density at radius 3 is 2.82 bits per heavy atom. The monoisotopic (exact) mass is 239 g/mol. The first-order valence-corrected chi connectivity index (χ1v) is 5.56. The predicted molar refractivity (Wildman–Crippen MR) is 66.3 cm³/mol. The molecule has 5 heteroatoms. The molecule has 1 rings (SSSR count). The van der Waals surface area contributed by atoms with Crippen molar-refractivity contribution in [3.05, 3.63) is 29.6 Å². The van der Waals surface area contributed by atoms with E-state index < -0.39 is 5.82 Å². The molecule has 0 unspecified atom stereocenters. The summed E-state index contributed by atoms with van der Waals surface area (Å²) in [4.78, 5) is 13.7. The number of carbonyl (C=O) groups excluding carboxylic acids is 1. The SMILES string of the molecule is CCN(C)CCNC(=O)c1ccc(N)c(F)c1. The molecule has 0 atom stereocenters. The standard InChI is InChI=1S/C12H18FN3O/c1-3-16(2)7-6-15-12(17)9-4-5-11(14)10(13)8-9/h4-5,8H,3,6-7,14H2,1-2H3,(H,15,17). The van der Waals surface area contributed by atoms with Gasteiger partial charge in [0.25, 0.3) is 5.91 Å². The van der Waals surface area contributed by atoms with Crippen molar-refractivity contribution < 1.29 is 9.18 Å². The van der Waals surface area contributed by atoms with E-state index in [1.807, 2.05) is 14.0 Å². The van der Waals surface area contributed by atoms with Gasteiger partial charge in [0.2, 0.25) is 0 Å². The Bertz CT molecular complexity index is 395. The Labute approximate surface area is 101 Å². The lowest BCUT2D eigenvalue weighted by Crippen LogP contribution is -2.32. The number of hydrogen-bond acceptors (Lipinski definition) is 3. The number of halogens is 1. The van der Waals surface area contributed by atoms with Crippen LogP contribution < -0.4 is 11.1 Å². The molecule has 0 saturated carbocycles. The third-order valence-corrected chi connectivity index (χ3v) is 2.58. The minimum Gasteiger partial charge on any atom is -0.396 e. The summed E-state index contributed by atoms with van der Waals surface area (Å²) in [5.74, 6) is -0.850. The Hall–Kier alpha value is -1.62. The van der Waals surface area contributed by atoms with E-state index >= 15 is 0 Å². The number of amides is 1. The summed E-state index contributed by atoms with van der Waals surface area (Å²) in [6.45, 7) is 4.26. The fourth-order valence-corrected chi connectivity index (χ4v) is 1.29. The second-order valence-corrected chi connectivity index (χ2v) is 3.89. The molecule has 0 saturated heterocycles. The third kappa shape index (κ3) is 4.03. The van der Waals surface area contributed by atoms with E-state index in [1.165, 1.54) is 12.1 Å². The van der Waals surface area contributed by atoms with Crippen LogP contribution in [0.4, 0.5) is 10.1 Å². The summed E-state index contributed by atoms with van der Waals surface area (Å²) < 4.78 is 13.1. The molecular formula is C12H18FN3O. The molecule has 94 valence electrons. The number of carbonyl (C=O) groups is 1. The van der Waals surface area contributed by atoms with Crippen LogP contribution in [-0.4, -0.2) is 37.5 Å². The van der Waals surface area contributed by atoms with Gasteiger partial charge in [0.1, 0.15) is 5.82 Å². The van der Waals surface area contributed by atoms with Crippen LogP contribution >= 0.6 is 0 Å². The van der Waals surface area contributed by atoms with Gasteiger partial charge in [0.15, 0.2) is 0 Å². The summed E-state index contributed by atoms with van der Waals surface area (Å²) in [5.41, 5.74) is 5.67. The van der Waals surface area contributed by atoms with Crippen LogP contribution in [0, 0.1) is 5.82 Å². The Balaban J connectivity index is 2.50. The third-order valence-electron chi connectivity index (χ3n) is 2.58. The van der Waals surface area contributed by atoms with Crippen molar-refractivity contribution in [3.63, 3.8) is 0 Å². The highest BCUT2D eigenvalue weighted by atomic mass is 19.1. The summed E-state index contributed by atoms with van der Waals surface area (Å²) >= 11 is 0. The van der Waals surface area contributed by atoms with Crippen LogP contribution in [0.1, 0.15) is 17.3 Å². The van der Waals surface area contributed by atoms with Gasteiger partial charge in [-0.1, -0.05) is 6.92 Å². The summed E-state index contributed by atoms with van der Waals surface area (Å²) in [5, 5.41) is 2.72. The molecule has 4 nitrogen and oxygen atoms in total. The van der Waals surface area contributed by atoms with Gasteiger partial charge in [-0.15, -0.1) is 0 Å². The number of anilines is 1. The van der Waals surface area contributed by atoms with Crippen molar-refractivity contribution >= 4 is 11.6 Å². The highest BCUT2D eigenvalue weighted by molar-refractivity contribution is 5.94. The molecule has 1 amide bonds. The second-order valence-electron chi connectivity index (χ2n) is 3.89. The molecule has 0 aliphatic rings. The molecule has 0 spiro atoms. The first kappa shape index (κ1) is 13.4. The molecule has 1 aromatic carbocycles. The van der Waals surface area contributed by atoms with E-state index in [0.29, 0.717) is 6.54 Å². The molecular weight excluding hydrogens is 221 g/mol. The van der Waals surface area contributed by atoms with Gasteiger partial charge in [0.05, 0.1) is 5.69 Å². The molecule has 0 aliphatic carbocycles. The molecule has 17 heavy (non-hydrogen) atoms. The molecule has 0 radical (unpaired) electrons. The number of nitrogens with zero attached hydrogens (tertiary/aromatic N) is 1. The van der Waals surface area contributed by atoms with Gasteiger partial charge >= 0.3 is 0 Å². The Kier molecular flexibility index (Phi) is 4.90. The Morgan fingerprint density at radius 1 is 1.53 bits per heavy atom. The minimum atomic E-state index is -0.566. The highest BCUT2D eigenvalue weighted by Gasteiger charge is 2.07. The van der Waals surface area contributed by atoms with Crippen LogP contribution in [0.15, 0.2) is 18.2 Å². The normalized spacial score (nSPS) is 10.6. The smallest absolute Gasteiger partial charge is 0.251 e. The van der Waals surface area contributed by atoms with E-state index in [-0.39, 0.29) is 17.2 Å². The van der Waals surface area contributed by atoms with Gasteiger partial charge < -0.3 is 16.0 Å².